The van der Waals surface area contributed by atoms with E-state index in [9.17, 15) is 4.79 Å². The number of rotatable bonds is 1. The van der Waals surface area contributed by atoms with E-state index in [-0.39, 0.29) is 11.7 Å². The van der Waals surface area contributed by atoms with E-state index in [0.717, 1.165) is 18.4 Å². The van der Waals surface area contributed by atoms with Crippen LogP contribution in [0.5, 0.6) is 0 Å². The molecule has 1 aromatic rings. The van der Waals surface area contributed by atoms with Crippen molar-refractivity contribution in [1.29, 1.82) is 0 Å². The van der Waals surface area contributed by atoms with Gasteiger partial charge in [0.2, 0.25) is 0 Å². The van der Waals surface area contributed by atoms with Crippen LogP contribution in [0.4, 0.5) is 5.69 Å². The highest BCUT2D eigenvalue weighted by molar-refractivity contribution is 6.31. The van der Waals surface area contributed by atoms with Gasteiger partial charge in [-0.05, 0) is 36.6 Å². The van der Waals surface area contributed by atoms with Crippen LogP contribution in [0.3, 0.4) is 0 Å². The topological polar surface area (TPSA) is 43.1 Å². The standard InChI is InChI=1S/C11H12ClNO/c12-10-5-4-7(13)6-9(10)8-2-1-3-11(8)14/h4-6,8H,1-3,13H2. The lowest BCUT2D eigenvalue weighted by atomic mass is 9.96. The summed E-state index contributed by atoms with van der Waals surface area (Å²) in [6, 6.07) is 5.33. The molecule has 0 aliphatic heterocycles. The van der Waals surface area contributed by atoms with Crippen LogP contribution in [0.2, 0.25) is 5.02 Å². The van der Waals surface area contributed by atoms with Gasteiger partial charge in [0.05, 0.1) is 0 Å². The molecule has 1 atom stereocenters. The predicted molar refractivity (Wildman–Crippen MR) is 57.5 cm³/mol. The summed E-state index contributed by atoms with van der Waals surface area (Å²) < 4.78 is 0. The third-order valence-corrected chi connectivity index (χ3v) is 3.04. The summed E-state index contributed by atoms with van der Waals surface area (Å²) in [7, 11) is 0. The van der Waals surface area contributed by atoms with Crippen LogP contribution in [0.25, 0.3) is 0 Å². The lowest BCUT2D eigenvalue weighted by Crippen LogP contribution is -2.05. The van der Waals surface area contributed by atoms with E-state index in [1.807, 2.05) is 6.07 Å². The van der Waals surface area contributed by atoms with E-state index in [1.54, 1.807) is 12.1 Å². The van der Waals surface area contributed by atoms with E-state index in [0.29, 0.717) is 17.1 Å². The fourth-order valence-electron chi connectivity index (χ4n) is 1.97. The third-order valence-electron chi connectivity index (χ3n) is 2.70. The summed E-state index contributed by atoms with van der Waals surface area (Å²) in [5, 5.41) is 0.652. The van der Waals surface area contributed by atoms with Crippen molar-refractivity contribution in [2.24, 2.45) is 0 Å². The molecule has 2 N–H and O–H groups in total. The van der Waals surface area contributed by atoms with Crippen LogP contribution in [0.1, 0.15) is 30.7 Å². The molecule has 1 saturated carbocycles. The van der Waals surface area contributed by atoms with Gasteiger partial charge in [-0.25, -0.2) is 0 Å². The van der Waals surface area contributed by atoms with Crippen molar-refractivity contribution in [1.82, 2.24) is 0 Å². The molecular weight excluding hydrogens is 198 g/mol. The first-order valence-electron chi connectivity index (χ1n) is 4.76. The molecule has 2 nitrogen and oxygen atoms in total. The van der Waals surface area contributed by atoms with Crippen LogP contribution >= 0.6 is 11.6 Å². The minimum Gasteiger partial charge on any atom is -0.399 e. The molecule has 0 aromatic heterocycles. The molecular formula is C11H12ClNO. The Bertz CT molecular complexity index is 376. The predicted octanol–water partition coefficient (Wildman–Crippen LogP) is 2.76. The Balaban J connectivity index is 2.39. The zero-order valence-electron chi connectivity index (χ0n) is 7.79. The number of anilines is 1. The molecule has 1 aliphatic rings. The molecule has 74 valence electrons. The largest absolute Gasteiger partial charge is 0.399 e. The second kappa shape index (κ2) is 3.62. The van der Waals surface area contributed by atoms with E-state index in [2.05, 4.69) is 0 Å². The molecule has 1 fully saturated rings. The number of nitrogens with two attached hydrogens (primary N) is 1. The Morgan fingerprint density at radius 3 is 2.86 bits per heavy atom. The van der Waals surface area contributed by atoms with Gasteiger partial charge in [0, 0.05) is 23.0 Å². The molecule has 0 heterocycles. The van der Waals surface area contributed by atoms with Crippen LogP contribution in [0.15, 0.2) is 18.2 Å². The molecule has 0 radical (unpaired) electrons. The Labute approximate surface area is 88.1 Å². The quantitative estimate of drug-likeness (QED) is 0.723. The van der Waals surface area contributed by atoms with Gasteiger partial charge >= 0.3 is 0 Å². The molecule has 1 aromatic carbocycles. The fourth-order valence-corrected chi connectivity index (χ4v) is 2.22. The lowest BCUT2D eigenvalue weighted by Gasteiger charge is -2.10. The first kappa shape index (κ1) is 9.53. The van der Waals surface area contributed by atoms with Gasteiger partial charge in [0.1, 0.15) is 5.78 Å². The summed E-state index contributed by atoms with van der Waals surface area (Å²) in [4.78, 5) is 11.5. The molecule has 0 saturated heterocycles. The minimum atomic E-state index is -0.0222. The number of ketones is 1. The number of Topliss-reactive ketones (excluding diaryl/α,β-unsaturated/α-hetero) is 1. The molecule has 0 bridgehead atoms. The third kappa shape index (κ3) is 1.62. The maximum absolute atomic E-state index is 11.5. The zero-order valence-corrected chi connectivity index (χ0v) is 8.55. The Kier molecular flexibility index (Phi) is 2.46. The highest BCUT2D eigenvalue weighted by Gasteiger charge is 2.27. The van der Waals surface area contributed by atoms with Crippen LogP contribution in [-0.2, 0) is 4.79 Å². The second-order valence-corrected chi connectivity index (χ2v) is 4.10. The molecule has 3 heteroatoms. The first-order valence-corrected chi connectivity index (χ1v) is 5.14. The normalized spacial score (nSPS) is 21.5. The van der Waals surface area contributed by atoms with Crippen LogP contribution in [-0.4, -0.2) is 5.78 Å². The number of carbonyl (C=O) groups is 1. The van der Waals surface area contributed by atoms with Gasteiger partial charge in [-0.15, -0.1) is 0 Å². The zero-order chi connectivity index (χ0) is 10.1. The number of hydrogen-bond donors (Lipinski definition) is 1. The molecule has 1 aliphatic carbocycles. The van der Waals surface area contributed by atoms with E-state index >= 15 is 0 Å². The smallest absolute Gasteiger partial charge is 0.140 e. The maximum Gasteiger partial charge on any atom is 0.140 e. The van der Waals surface area contributed by atoms with Crippen molar-refractivity contribution in [3.8, 4) is 0 Å². The number of nitrogen functional groups attached to an aromatic ring is 1. The fraction of sp³-hybridized carbons (Fsp3) is 0.364. The van der Waals surface area contributed by atoms with Crippen LogP contribution in [0, 0.1) is 0 Å². The lowest BCUT2D eigenvalue weighted by molar-refractivity contribution is -0.118. The van der Waals surface area contributed by atoms with Crippen molar-refractivity contribution >= 4 is 23.1 Å². The SMILES string of the molecule is Nc1ccc(Cl)c(C2CCCC2=O)c1. The van der Waals surface area contributed by atoms with Gasteiger partial charge in [0.15, 0.2) is 0 Å². The van der Waals surface area contributed by atoms with Gasteiger partial charge in [-0.1, -0.05) is 11.6 Å². The van der Waals surface area contributed by atoms with Gasteiger partial charge in [0.25, 0.3) is 0 Å². The summed E-state index contributed by atoms with van der Waals surface area (Å²) in [6.45, 7) is 0. The summed E-state index contributed by atoms with van der Waals surface area (Å²) in [5.41, 5.74) is 7.24. The van der Waals surface area contributed by atoms with E-state index < -0.39 is 0 Å². The Morgan fingerprint density at radius 2 is 2.21 bits per heavy atom. The maximum atomic E-state index is 11.5. The van der Waals surface area contributed by atoms with Crippen molar-refractivity contribution in [2.75, 3.05) is 5.73 Å². The molecule has 1 unspecified atom stereocenters. The number of carbonyl (C=O) groups excluding carboxylic acids is 1. The highest BCUT2D eigenvalue weighted by atomic mass is 35.5. The molecule has 2 rings (SSSR count). The first-order chi connectivity index (χ1) is 6.68. The second-order valence-electron chi connectivity index (χ2n) is 3.69. The minimum absolute atomic E-state index is 0.0222. The summed E-state index contributed by atoms with van der Waals surface area (Å²) >= 11 is 6.03. The Hall–Kier alpha value is -1.02. The van der Waals surface area contributed by atoms with Crippen molar-refractivity contribution in [3.05, 3.63) is 28.8 Å². The van der Waals surface area contributed by atoms with Gasteiger partial charge < -0.3 is 5.73 Å². The average Bonchev–Trinajstić information content (AvgIpc) is 2.56. The number of hydrogen-bond acceptors (Lipinski definition) is 2. The molecule has 14 heavy (non-hydrogen) atoms. The van der Waals surface area contributed by atoms with Crippen molar-refractivity contribution < 1.29 is 4.79 Å². The average molecular weight is 210 g/mol. The van der Waals surface area contributed by atoms with E-state index in [4.69, 9.17) is 17.3 Å². The highest BCUT2D eigenvalue weighted by Crippen LogP contribution is 2.35. The monoisotopic (exact) mass is 209 g/mol. The van der Waals surface area contributed by atoms with Gasteiger partial charge in [-0.3, -0.25) is 4.79 Å². The number of benzene rings is 1. The van der Waals surface area contributed by atoms with Crippen LogP contribution < -0.4 is 5.73 Å². The van der Waals surface area contributed by atoms with E-state index in [1.165, 1.54) is 0 Å². The van der Waals surface area contributed by atoms with Crippen molar-refractivity contribution in [3.63, 3.8) is 0 Å². The summed E-state index contributed by atoms with van der Waals surface area (Å²) in [5.74, 6) is 0.267. The molecule has 0 amide bonds. The number of halogens is 1. The summed E-state index contributed by atoms with van der Waals surface area (Å²) in [6.07, 6.45) is 2.55. The van der Waals surface area contributed by atoms with Crippen molar-refractivity contribution in [2.45, 2.75) is 25.2 Å². The Morgan fingerprint density at radius 1 is 1.43 bits per heavy atom. The molecule has 0 spiro atoms. The van der Waals surface area contributed by atoms with Gasteiger partial charge in [-0.2, -0.15) is 0 Å².